The number of likely N-dealkylation sites (N-methyl/N-ethyl adjacent to an activating group) is 1. The predicted molar refractivity (Wildman–Crippen MR) is 69.0 cm³/mol. The number of rotatable bonds is 2. The minimum atomic E-state index is -0.880. The number of benzene rings is 1. The summed E-state index contributed by atoms with van der Waals surface area (Å²) in [7, 11) is 1.66. The molecule has 0 saturated heterocycles. The fourth-order valence-electron chi connectivity index (χ4n) is 2.43. The Labute approximate surface area is 109 Å². The van der Waals surface area contributed by atoms with E-state index in [1.165, 1.54) is 4.90 Å². The molecule has 0 saturated carbocycles. The van der Waals surface area contributed by atoms with Crippen molar-refractivity contribution in [1.82, 2.24) is 0 Å². The molecule has 1 aromatic carbocycles. The van der Waals surface area contributed by atoms with Crippen LogP contribution in [0.2, 0.25) is 0 Å². The van der Waals surface area contributed by atoms with E-state index in [1.54, 1.807) is 26.3 Å². The molecule has 1 aromatic heterocycles. The highest BCUT2D eigenvalue weighted by atomic mass is 16.5. The number of hydrogen-bond donors (Lipinski definition) is 0. The molecule has 1 amide bonds. The van der Waals surface area contributed by atoms with Gasteiger partial charge in [0.05, 0.1) is 12.9 Å². The van der Waals surface area contributed by atoms with Crippen molar-refractivity contribution in [3.05, 3.63) is 30.0 Å². The second-order valence-corrected chi connectivity index (χ2v) is 4.45. The molecule has 5 heteroatoms. The van der Waals surface area contributed by atoms with Crippen molar-refractivity contribution in [3.63, 3.8) is 0 Å². The first kappa shape index (κ1) is 11.8. The third-order valence-electron chi connectivity index (χ3n) is 3.37. The maximum atomic E-state index is 12.2. The van der Waals surface area contributed by atoms with E-state index in [2.05, 4.69) is 0 Å². The van der Waals surface area contributed by atoms with Gasteiger partial charge in [-0.15, -0.1) is 0 Å². The Bertz CT molecular complexity index is 673. The normalized spacial score (nSPS) is 17.9. The lowest BCUT2D eigenvalue weighted by molar-refractivity contribution is -0.147. The van der Waals surface area contributed by atoms with E-state index < -0.39 is 11.9 Å². The zero-order valence-corrected chi connectivity index (χ0v) is 10.7. The lowest BCUT2D eigenvalue weighted by Crippen LogP contribution is -2.29. The highest BCUT2D eigenvalue weighted by Crippen LogP contribution is 2.39. The molecule has 0 spiro atoms. The van der Waals surface area contributed by atoms with E-state index in [0.29, 0.717) is 11.1 Å². The molecule has 0 N–H and O–H groups in total. The zero-order valence-electron chi connectivity index (χ0n) is 10.7. The summed E-state index contributed by atoms with van der Waals surface area (Å²) in [5.41, 5.74) is 2.04. The van der Waals surface area contributed by atoms with Crippen molar-refractivity contribution >= 4 is 28.5 Å². The first-order valence-corrected chi connectivity index (χ1v) is 6.09. The third-order valence-corrected chi connectivity index (χ3v) is 3.37. The molecule has 98 valence electrons. The number of anilines is 1. The average molecular weight is 259 g/mol. The number of nitrogens with zero attached hydrogens (tertiary/aromatic N) is 1. The van der Waals surface area contributed by atoms with Crippen LogP contribution >= 0.6 is 0 Å². The molecule has 0 radical (unpaired) electrons. The van der Waals surface area contributed by atoms with Crippen LogP contribution in [0.4, 0.5) is 5.69 Å². The molecule has 3 rings (SSSR count). The van der Waals surface area contributed by atoms with Crippen LogP contribution in [-0.4, -0.2) is 25.5 Å². The van der Waals surface area contributed by atoms with Crippen LogP contribution in [0, 0.1) is 0 Å². The molecule has 1 atom stereocenters. The summed E-state index contributed by atoms with van der Waals surface area (Å²) >= 11 is 0. The maximum absolute atomic E-state index is 12.2. The Morgan fingerprint density at radius 3 is 3.00 bits per heavy atom. The number of carbonyl (C=O) groups excluding carboxylic acids is 2. The van der Waals surface area contributed by atoms with Gasteiger partial charge in [-0.05, 0) is 25.1 Å². The van der Waals surface area contributed by atoms with Crippen LogP contribution in [0.5, 0.6) is 0 Å². The molecule has 2 aromatic rings. The van der Waals surface area contributed by atoms with Crippen LogP contribution in [0.1, 0.15) is 18.4 Å². The first-order chi connectivity index (χ1) is 9.13. The number of carbonyl (C=O) groups is 2. The van der Waals surface area contributed by atoms with Crippen LogP contribution < -0.4 is 4.90 Å². The largest absolute Gasteiger partial charge is 0.465 e. The van der Waals surface area contributed by atoms with E-state index >= 15 is 0 Å². The summed E-state index contributed by atoms with van der Waals surface area (Å²) < 4.78 is 10.3. The van der Waals surface area contributed by atoms with Gasteiger partial charge in [-0.1, -0.05) is 0 Å². The topological polar surface area (TPSA) is 59.8 Å². The summed E-state index contributed by atoms with van der Waals surface area (Å²) in [5, 5.41) is 0.905. The SMILES string of the molecule is CCOC(=O)C1C(=O)N(C)c2cc3ccoc3cc21. The monoisotopic (exact) mass is 259 g/mol. The third kappa shape index (κ3) is 1.62. The molecule has 1 aliphatic heterocycles. The number of ether oxygens (including phenoxy) is 1. The predicted octanol–water partition coefficient (Wildman–Crippen LogP) is 2.06. The van der Waals surface area contributed by atoms with Gasteiger partial charge in [0.1, 0.15) is 5.58 Å². The highest BCUT2D eigenvalue weighted by molar-refractivity contribution is 6.17. The van der Waals surface area contributed by atoms with E-state index in [9.17, 15) is 9.59 Å². The van der Waals surface area contributed by atoms with Crippen molar-refractivity contribution in [3.8, 4) is 0 Å². The second-order valence-electron chi connectivity index (χ2n) is 4.45. The molecule has 1 aliphatic rings. The van der Waals surface area contributed by atoms with E-state index in [1.807, 2.05) is 12.1 Å². The van der Waals surface area contributed by atoms with Crippen LogP contribution in [0.3, 0.4) is 0 Å². The highest BCUT2D eigenvalue weighted by Gasteiger charge is 2.41. The number of amides is 1. The molecular formula is C14H13NO4. The van der Waals surface area contributed by atoms with Crippen LogP contribution in [-0.2, 0) is 14.3 Å². The van der Waals surface area contributed by atoms with Gasteiger partial charge in [-0.2, -0.15) is 0 Å². The van der Waals surface area contributed by atoms with Crippen molar-refractivity contribution in [2.24, 2.45) is 0 Å². The van der Waals surface area contributed by atoms with Crippen molar-refractivity contribution in [2.75, 3.05) is 18.6 Å². The smallest absolute Gasteiger partial charge is 0.323 e. The molecule has 1 unspecified atom stereocenters. The van der Waals surface area contributed by atoms with Crippen molar-refractivity contribution < 1.29 is 18.7 Å². The molecule has 2 heterocycles. The van der Waals surface area contributed by atoms with E-state index in [-0.39, 0.29) is 12.5 Å². The Morgan fingerprint density at radius 2 is 2.26 bits per heavy atom. The number of fused-ring (bicyclic) bond motifs is 2. The fourth-order valence-corrected chi connectivity index (χ4v) is 2.43. The summed E-state index contributed by atoms with van der Waals surface area (Å²) in [4.78, 5) is 25.6. The first-order valence-electron chi connectivity index (χ1n) is 6.09. The van der Waals surface area contributed by atoms with Crippen LogP contribution in [0.25, 0.3) is 11.0 Å². The standard InChI is InChI=1S/C14H13NO4/c1-3-18-14(17)12-9-7-11-8(4-5-19-11)6-10(9)15(2)13(12)16/h4-7,12H,3H2,1-2H3. The summed E-state index contributed by atoms with van der Waals surface area (Å²) in [6, 6.07) is 5.42. The van der Waals surface area contributed by atoms with Gasteiger partial charge in [0.25, 0.3) is 0 Å². The van der Waals surface area contributed by atoms with Gasteiger partial charge < -0.3 is 14.1 Å². The minimum Gasteiger partial charge on any atom is -0.465 e. The number of furan rings is 1. The lowest BCUT2D eigenvalue weighted by Gasteiger charge is -2.10. The summed E-state index contributed by atoms with van der Waals surface area (Å²) in [6.07, 6.45) is 1.58. The maximum Gasteiger partial charge on any atom is 0.323 e. The molecule has 0 fully saturated rings. The molecule has 0 bridgehead atoms. The number of esters is 1. The zero-order chi connectivity index (χ0) is 13.6. The Kier molecular flexibility index (Phi) is 2.55. The average Bonchev–Trinajstić information content (AvgIpc) is 2.92. The molecule has 19 heavy (non-hydrogen) atoms. The molecule has 0 aliphatic carbocycles. The van der Waals surface area contributed by atoms with Crippen molar-refractivity contribution in [2.45, 2.75) is 12.8 Å². The van der Waals surface area contributed by atoms with E-state index in [4.69, 9.17) is 9.15 Å². The van der Waals surface area contributed by atoms with Gasteiger partial charge in [0.15, 0.2) is 5.92 Å². The van der Waals surface area contributed by atoms with Gasteiger partial charge in [-0.3, -0.25) is 9.59 Å². The molecule has 5 nitrogen and oxygen atoms in total. The summed E-state index contributed by atoms with van der Waals surface area (Å²) in [6.45, 7) is 1.97. The minimum absolute atomic E-state index is 0.255. The van der Waals surface area contributed by atoms with Gasteiger partial charge in [0.2, 0.25) is 5.91 Å². The van der Waals surface area contributed by atoms with Crippen LogP contribution in [0.15, 0.2) is 28.9 Å². The summed E-state index contributed by atoms with van der Waals surface area (Å²) in [5.74, 6) is -1.65. The van der Waals surface area contributed by atoms with Gasteiger partial charge in [-0.25, -0.2) is 0 Å². The Hall–Kier alpha value is -2.30. The molecular weight excluding hydrogens is 246 g/mol. The van der Waals surface area contributed by atoms with E-state index in [0.717, 1.165) is 11.1 Å². The van der Waals surface area contributed by atoms with Crippen molar-refractivity contribution in [1.29, 1.82) is 0 Å². The quantitative estimate of drug-likeness (QED) is 0.611. The second kappa shape index (κ2) is 4.12. The fraction of sp³-hybridized carbons (Fsp3) is 0.286. The van der Waals surface area contributed by atoms with Gasteiger partial charge in [0, 0.05) is 23.7 Å². The lowest BCUT2D eigenvalue weighted by atomic mass is 10.00. The Balaban J connectivity index is 2.15. The van der Waals surface area contributed by atoms with Gasteiger partial charge >= 0.3 is 5.97 Å². The Morgan fingerprint density at radius 1 is 1.47 bits per heavy atom. The number of hydrogen-bond acceptors (Lipinski definition) is 4.